The maximum absolute atomic E-state index is 11.4. The minimum Gasteiger partial charge on any atom is -0.481 e. The van der Waals surface area contributed by atoms with Crippen LogP contribution in [0.15, 0.2) is 12.4 Å². The number of anilines is 1. The van der Waals surface area contributed by atoms with Crippen molar-refractivity contribution in [2.24, 2.45) is 0 Å². The Labute approximate surface area is 102 Å². The zero-order chi connectivity index (χ0) is 13.6. The molecule has 0 spiro atoms. The Morgan fingerprint density at radius 2 is 2.17 bits per heavy atom. The van der Waals surface area contributed by atoms with Crippen LogP contribution in [0, 0.1) is 0 Å². The summed E-state index contributed by atoms with van der Waals surface area (Å²) in [5.41, 5.74) is -1.53. The Bertz CT molecular complexity index is 422. The molecule has 1 unspecified atom stereocenters. The minimum atomic E-state index is -1.53. The third-order valence-electron chi connectivity index (χ3n) is 1.87. The number of hydrogen-bond donors (Lipinski definition) is 4. The van der Waals surface area contributed by atoms with Gasteiger partial charge in [0, 0.05) is 6.54 Å². The molecule has 9 heteroatoms. The highest BCUT2D eigenvalue weighted by molar-refractivity contribution is 5.87. The summed E-state index contributed by atoms with van der Waals surface area (Å²) >= 11 is 0. The van der Waals surface area contributed by atoms with Crippen molar-refractivity contribution in [1.29, 1.82) is 0 Å². The van der Waals surface area contributed by atoms with E-state index in [-0.39, 0.29) is 12.5 Å². The van der Waals surface area contributed by atoms with Gasteiger partial charge >= 0.3 is 12.0 Å². The van der Waals surface area contributed by atoms with E-state index in [9.17, 15) is 14.7 Å². The van der Waals surface area contributed by atoms with Gasteiger partial charge in [-0.05, 0) is 6.92 Å². The van der Waals surface area contributed by atoms with Gasteiger partial charge in [-0.2, -0.15) is 5.10 Å². The van der Waals surface area contributed by atoms with Crippen LogP contribution in [0.25, 0.3) is 0 Å². The molecule has 1 aromatic heterocycles. The molecular formula is C9H13N5O4. The van der Waals surface area contributed by atoms with Crippen LogP contribution < -0.4 is 10.6 Å². The lowest BCUT2D eigenvalue weighted by Gasteiger charge is -2.21. The standard InChI is InChI=1S/C9H13N5O4/c1-9(18,4-6(15)16)5-11-8(17)13-7-10-2-3-12-14-7/h2-3,18H,4-5H2,1H3,(H,15,16)(H2,10,11,13,14,17). The van der Waals surface area contributed by atoms with E-state index in [0.717, 1.165) is 0 Å². The molecule has 1 rings (SSSR count). The summed E-state index contributed by atoms with van der Waals surface area (Å²) in [6.45, 7) is 1.09. The number of nitrogens with zero attached hydrogens (tertiary/aromatic N) is 3. The van der Waals surface area contributed by atoms with Crippen LogP contribution in [0.1, 0.15) is 13.3 Å². The zero-order valence-electron chi connectivity index (χ0n) is 9.62. The summed E-state index contributed by atoms with van der Waals surface area (Å²) in [6, 6.07) is -0.659. The number of nitrogens with one attached hydrogen (secondary N) is 2. The Kier molecular flexibility index (Phi) is 4.49. The second kappa shape index (κ2) is 5.87. The van der Waals surface area contributed by atoms with Gasteiger partial charge in [0.15, 0.2) is 0 Å². The van der Waals surface area contributed by atoms with Gasteiger partial charge < -0.3 is 15.5 Å². The summed E-state index contributed by atoms with van der Waals surface area (Å²) in [5.74, 6) is -1.15. The average molecular weight is 255 g/mol. The van der Waals surface area contributed by atoms with Crippen LogP contribution in [0.2, 0.25) is 0 Å². The van der Waals surface area contributed by atoms with Gasteiger partial charge in [0.1, 0.15) is 0 Å². The van der Waals surface area contributed by atoms with Crippen LogP contribution >= 0.6 is 0 Å². The largest absolute Gasteiger partial charge is 0.481 e. The van der Waals surface area contributed by atoms with Crippen molar-refractivity contribution in [1.82, 2.24) is 20.5 Å². The molecule has 0 fully saturated rings. The van der Waals surface area contributed by atoms with Crippen LogP contribution in [-0.4, -0.2) is 49.5 Å². The third kappa shape index (κ3) is 5.16. The number of hydrogen-bond acceptors (Lipinski definition) is 6. The highest BCUT2D eigenvalue weighted by Crippen LogP contribution is 2.07. The molecule has 0 saturated heterocycles. The van der Waals surface area contributed by atoms with Gasteiger partial charge in [0.05, 0.1) is 24.4 Å². The summed E-state index contributed by atoms with van der Waals surface area (Å²) in [5, 5.41) is 29.8. The number of carboxylic acid groups (broad SMARTS) is 1. The highest BCUT2D eigenvalue weighted by Gasteiger charge is 2.24. The second-order valence-corrected chi connectivity index (χ2v) is 3.84. The monoisotopic (exact) mass is 255 g/mol. The van der Waals surface area contributed by atoms with E-state index >= 15 is 0 Å². The van der Waals surface area contributed by atoms with E-state index < -0.39 is 24.0 Å². The topological polar surface area (TPSA) is 137 Å². The molecule has 9 nitrogen and oxygen atoms in total. The van der Waals surface area contributed by atoms with E-state index in [4.69, 9.17) is 5.11 Å². The molecule has 1 heterocycles. The lowest BCUT2D eigenvalue weighted by molar-refractivity contribution is -0.141. The average Bonchev–Trinajstić information content (AvgIpc) is 2.26. The molecule has 0 aliphatic heterocycles. The molecule has 18 heavy (non-hydrogen) atoms. The molecular weight excluding hydrogens is 242 g/mol. The molecule has 1 atom stereocenters. The summed E-state index contributed by atoms with van der Waals surface area (Å²) < 4.78 is 0. The molecule has 0 saturated carbocycles. The Morgan fingerprint density at radius 1 is 1.44 bits per heavy atom. The Morgan fingerprint density at radius 3 is 2.72 bits per heavy atom. The number of carbonyl (C=O) groups is 2. The molecule has 0 bridgehead atoms. The van der Waals surface area contributed by atoms with Gasteiger partial charge in [-0.3, -0.25) is 10.1 Å². The van der Waals surface area contributed by atoms with E-state index in [2.05, 4.69) is 25.8 Å². The lowest BCUT2D eigenvalue weighted by atomic mass is 10.0. The number of rotatable bonds is 5. The van der Waals surface area contributed by atoms with Gasteiger partial charge in [-0.25, -0.2) is 9.78 Å². The number of amides is 2. The van der Waals surface area contributed by atoms with Gasteiger partial charge in [0.2, 0.25) is 0 Å². The fourth-order valence-electron chi connectivity index (χ4n) is 1.11. The van der Waals surface area contributed by atoms with Gasteiger partial charge in [-0.1, -0.05) is 0 Å². The quantitative estimate of drug-likeness (QED) is 0.541. The molecule has 0 aromatic carbocycles. The van der Waals surface area contributed by atoms with Crippen LogP contribution in [0.5, 0.6) is 0 Å². The molecule has 2 amide bonds. The summed E-state index contributed by atoms with van der Waals surface area (Å²) in [6.07, 6.45) is 2.22. The minimum absolute atomic E-state index is 0.00729. The van der Waals surface area contributed by atoms with E-state index in [1.54, 1.807) is 0 Å². The Hall–Kier alpha value is -2.29. The lowest BCUT2D eigenvalue weighted by Crippen LogP contribution is -2.43. The van der Waals surface area contributed by atoms with Crippen LogP contribution in [0.3, 0.4) is 0 Å². The van der Waals surface area contributed by atoms with Gasteiger partial charge in [0.25, 0.3) is 5.95 Å². The summed E-state index contributed by atoms with van der Waals surface area (Å²) in [4.78, 5) is 25.5. The predicted molar refractivity (Wildman–Crippen MR) is 59.7 cm³/mol. The van der Waals surface area contributed by atoms with Crippen LogP contribution in [0.4, 0.5) is 10.7 Å². The number of aliphatic hydroxyl groups is 1. The van der Waals surface area contributed by atoms with E-state index in [1.165, 1.54) is 19.3 Å². The number of carbonyl (C=O) groups excluding carboxylic acids is 1. The number of aromatic nitrogens is 3. The fraction of sp³-hybridized carbons (Fsp3) is 0.444. The van der Waals surface area contributed by atoms with Crippen molar-refractivity contribution in [3.8, 4) is 0 Å². The first-order valence-corrected chi connectivity index (χ1v) is 5.02. The predicted octanol–water partition coefficient (Wildman–Crippen LogP) is -0.781. The second-order valence-electron chi connectivity index (χ2n) is 3.84. The fourth-order valence-corrected chi connectivity index (χ4v) is 1.11. The smallest absolute Gasteiger partial charge is 0.321 e. The molecule has 0 aliphatic rings. The van der Waals surface area contributed by atoms with Crippen molar-refractivity contribution in [2.75, 3.05) is 11.9 Å². The molecule has 4 N–H and O–H groups in total. The first-order valence-electron chi connectivity index (χ1n) is 5.02. The number of carboxylic acids is 1. The van der Waals surface area contributed by atoms with Crippen LogP contribution in [-0.2, 0) is 4.79 Å². The van der Waals surface area contributed by atoms with Crippen molar-refractivity contribution in [3.63, 3.8) is 0 Å². The molecule has 0 aliphatic carbocycles. The normalized spacial score (nSPS) is 13.4. The highest BCUT2D eigenvalue weighted by atomic mass is 16.4. The first-order chi connectivity index (χ1) is 8.39. The van der Waals surface area contributed by atoms with Crippen molar-refractivity contribution in [3.05, 3.63) is 12.4 Å². The van der Waals surface area contributed by atoms with Crippen molar-refractivity contribution in [2.45, 2.75) is 18.9 Å². The van der Waals surface area contributed by atoms with Crippen molar-refractivity contribution >= 4 is 17.9 Å². The van der Waals surface area contributed by atoms with E-state index in [1.807, 2.05) is 0 Å². The Balaban J connectivity index is 2.40. The maximum Gasteiger partial charge on any atom is 0.321 e. The number of aliphatic carboxylic acids is 1. The summed E-state index contributed by atoms with van der Waals surface area (Å²) in [7, 11) is 0. The van der Waals surface area contributed by atoms with Gasteiger partial charge in [-0.15, -0.1) is 5.10 Å². The number of urea groups is 1. The first kappa shape index (κ1) is 13.8. The third-order valence-corrected chi connectivity index (χ3v) is 1.87. The zero-order valence-corrected chi connectivity index (χ0v) is 9.62. The maximum atomic E-state index is 11.4. The van der Waals surface area contributed by atoms with E-state index in [0.29, 0.717) is 0 Å². The molecule has 1 aromatic rings. The molecule has 0 radical (unpaired) electrons. The van der Waals surface area contributed by atoms with Crippen molar-refractivity contribution < 1.29 is 19.8 Å². The SMILES string of the molecule is CC(O)(CNC(=O)Nc1nccnn1)CC(=O)O. The molecule has 98 valence electrons.